The lowest BCUT2D eigenvalue weighted by molar-refractivity contribution is 0.0697. The molecule has 0 unspecified atom stereocenters. The molecule has 0 amide bonds. The van der Waals surface area contributed by atoms with Gasteiger partial charge in [0, 0.05) is 6.20 Å². The summed E-state index contributed by atoms with van der Waals surface area (Å²) in [4.78, 5) is 10.7. The van der Waals surface area contributed by atoms with Crippen molar-refractivity contribution >= 4 is 21.7 Å². The Morgan fingerprint density at radius 2 is 2.00 bits per heavy atom. The fourth-order valence-corrected chi connectivity index (χ4v) is 2.66. The van der Waals surface area contributed by atoms with E-state index < -0.39 is 16.0 Å². The van der Waals surface area contributed by atoms with Gasteiger partial charge in [-0.15, -0.1) is 0 Å². The van der Waals surface area contributed by atoms with E-state index in [2.05, 4.69) is 14.9 Å². The first-order chi connectivity index (χ1) is 8.96. The van der Waals surface area contributed by atoms with Crippen molar-refractivity contribution in [1.29, 1.82) is 0 Å². The number of benzene rings is 1. The number of carboxylic acid groups (broad SMARTS) is 1. The van der Waals surface area contributed by atoms with E-state index in [4.69, 9.17) is 5.11 Å². The number of aromatic carboxylic acids is 1. The summed E-state index contributed by atoms with van der Waals surface area (Å²) in [6.07, 6.45) is 2.77. The van der Waals surface area contributed by atoms with Gasteiger partial charge in [-0.3, -0.25) is 9.82 Å². The van der Waals surface area contributed by atoms with E-state index in [1.807, 2.05) is 0 Å². The maximum absolute atomic E-state index is 11.8. The van der Waals surface area contributed by atoms with E-state index >= 15 is 0 Å². The summed E-state index contributed by atoms with van der Waals surface area (Å²) in [6, 6.07) is 5.67. The number of carboxylic acids is 1. The third-order valence-electron chi connectivity index (χ3n) is 2.33. The highest BCUT2D eigenvalue weighted by Crippen LogP contribution is 2.12. The number of carbonyl (C=O) groups is 1. The molecule has 0 radical (unpaired) electrons. The van der Waals surface area contributed by atoms with Crippen LogP contribution in [0.3, 0.4) is 0 Å². The largest absolute Gasteiger partial charge is 0.478 e. The minimum absolute atomic E-state index is 0.115. The minimum atomic E-state index is -3.55. The summed E-state index contributed by atoms with van der Waals surface area (Å²) in [5, 5.41) is 14.9. The van der Waals surface area contributed by atoms with Gasteiger partial charge in [0.1, 0.15) is 0 Å². The second-order valence-electron chi connectivity index (χ2n) is 3.85. The Kier molecular flexibility index (Phi) is 3.52. The third kappa shape index (κ3) is 3.55. The first-order valence-corrected chi connectivity index (χ1v) is 6.93. The number of rotatable bonds is 5. The number of aromatic amines is 1. The molecule has 1 aromatic heterocycles. The molecule has 0 saturated heterocycles. The average Bonchev–Trinajstić information content (AvgIpc) is 2.81. The van der Waals surface area contributed by atoms with Crippen LogP contribution in [0.4, 0.5) is 5.69 Å². The zero-order valence-electron chi connectivity index (χ0n) is 9.70. The number of H-pyrrole nitrogens is 1. The van der Waals surface area contributed by atoms with Crippen LogP contribution in [-0.2, 0) is 15.8 Å². The zero-order valence-corrected chi connectivity index (χ0v) is 10.5. The van der Waals surface area contributed by atoms with Crippen molar-refractivity contribution in [3.63, 3.8) is 0 Å². The predicted molar refractivity (Wildman–Crippen MR) is 68.2 cm³/mol. The minimum Gasteiger partial charge on any atom is -0.478 e. The number of nitrogens with zero attached hydrogens (tertiary/aromatic N) is 1. The van der Waals surface area contributed by atoms with Gasteiger partial charge in [0.15, 0.2) is 0 Å². The van der Waals surface area contributed by atoms with E-state index in [0.29, 0.717) is 11.3 Å². The SMILES string of the molecule is O=C(O)c1ccc(CS(=O)(=O)Nc2cn[nH]c2)cc1. The number of hydrogen-bond acceptors (Lipinski definition) is 4. The van der Waals surface area contributed by atoms with Crippen LogP contribution in [0.25, 0.3) is 0 Å². The lowest BCUT2D eigenvalue weighted by Gasteiger charge is -2.06. The smallest absolute Gasteiger partial charge is 0.335 e. The van der Waals surface area contributed by atoms with Gasteiger partial charge in [-0.1, -0.05) is 12.1 Å². The third-order valence-corrected chi connectivity index (χ3v) is 3.59. The molecule has 0 spiro atoms. The van der Waals surface area contributed by atoms with Crippen LogP contribution in [0.5, 0.6) is 0 Å². The highest BCUT2D eigenvalue weighted by atomic mass is 32.2. The molecule has 0 atom stereocenters. The molecule has 0 bridgehead atoms. The standard InChI is InChI=1S/C11H11N3O4S/c15-11(16)9-3-1-8(2-4-9)7-19(17,18)14-10-5-12-13-6-10/h1-6,14H,7H2,(H,12,13)(H,15,16). The Balaban J connectivity index is 2.09. The molecule has 0 aliphatic rings. The molecule has 19 heavy (non-hydrogen) atoms. The van der Waals surface area contributed by atoms with Crippen molar-refractivity contribution in [3.05, 3.63) is 47.8 Å². The molecule has 2 aromatic rings. The Labute approximate surface area is 109 Å². The van der Waals surface area contributed by atoms with Crippen LogP contribution in [0.15, 0.2) is 36.7 Å². The van der Waals surface area contributed by atoms with E-state index in [-0.39, 0.29) is 11.3 Å². The highest BCUT2D eigenvalue weighted by Gasteiger charge is 2.12. The van der Waals surface area contributed by atoms with Gasteiger partial charge in [0.2, 0.25) is 10.0 Å². The molecule has 7 nitrogen and oxygen atoms in total. The normalized spacial score (nSPS) is 11.2. The highest BCUT2D eigenvalue weighted by molar-refractivity contribution is 7.91. The summed E-state index contributed by atoms with van der Waals surface area (Å²) in [5.74, 6) is -1.29. The Morgan fingerprint density at radius 1 is 1.32 bits per heavy atom. The fraction of sp³-hybridized carbons (Fsp3) is 0.0909. The summed E-state index contributed by atoms with van der Waals surface area (Å²) in [5.41, 5.74) is 0.965. The molecule has 0 saturated carbocycles. The fourth-order valence-electron chi connectivity index (χ4n) is 1.49. The van der Waals surface area contributed by atoms with E-state index in [1.54, 1.807) is 0 Å². The monoisotopic (exact) mass is 281 g/mol. The summed E-state index contributed by atoms with van der Waals surface area (Å²) < 4.78 is 26.0. The molecule has 100 valence electrons. The van der Waals surface area contributed by atoms with Gasteiger partial charge in [0.25, 0.3) is 0 Å². The van der Waals surface area contributed by atoms with Gasteiger partial charge in [0.05, 0.1) is 23.2 Å². The summed E-state index contributed by atoms with van der Waals surface area (Å²) >= 11 is 0. The van der Waals surface area contributed by atoms with Crippen molar-refractivity contribution in [1.82, 2.24) is 10.2 Å². The van der Waals surface area contributed by atoms with Crippen LogP contribution >= 0.6 is 0 Å². The second-order valence-corrected chi connectivity index (χ2v) is 5.57. The molecule has 8 heteroatoms. The molecule has 2 rings (SSSR count). The summed E-state index contributed by atoms with van der Waals surface area (Å²) in [6.45, 7) is 0. The number of anilines is 1. The number of nitrogens with one attached hydrogen (secondary N) is 2. The zero-order chi connectivity index (χ0) is 13.9. The Morgan fingerprint density at radius 3 is 2.53 bits per heavy atom. The Hall–Kier alpha value is -2.35. The van der Waals surface area contributed by atoms with Crippen LogP contribution in [0, 0.1) is 0 Å². The molecular weight excluding hydrogens is 270 g/mol. The van der Waals surface area contributed by atoms with E-state index in [1.165, 1.54) is 36.7 Å². The van der Waals surface area contributed by atoms with Crippen LogP contribution in [-0.4, -0.2) is 29.7 Å². The number of sulfonamides is 1. The Bertz CT molecular complexity index is 662. The van der Waals surface area contributed by atoms with Crippen molar-refractivity contribution in [2.24, 2.45) is 0 Å². The van der Waals surface area contributed by atoms with Crippen molar-refractivity contribution < 1.29 is 18.3 Å². The van der Waals surface area contributed by atoms with Crippen LogP contribution < -0.4 is 4.72 Å². The first-order valence-electron chi connectivity index (χ1n) is 5.28. The molecule has 1 aromatic carbocycles. The lowest BCUT2D eigenvalue weighted by Crippen LogP contribution is -2.14. The van der Waals surface area contributed by atoms with Crippen LogP contribution in [0.2, 0.25) is 0 Å². The lowest BCUT2D eigenvalue weighted by atomic mass is 10.1. The van der Waals surface area contributed by atoms with Gasteiger partial charge < -0.3 is 5.11 Å². The van der Waals surface area contributed by atoms with Gasteiger partial charge in [-0.05, 0) is 17.7 Å². The molecule has 0 aliphatic heterocycles. The maximum atomic E-state index is 11.8. The van der Waals surface area contributed by atoms with Gasteiger partial charge in [-0.25, -0.2) is 13.2 Å². The average molecular weight is 281 g/mol. The van der Waals surface area contributed by atoms with Crippen molar-refractivity contribution in [2.75, 3.05) is 4.72 Å². The first kappa shape index (κ1) is 13.1. The molecular formula is C11H11N3O4S. The van der Waals surface area contributed by atoms with Gasteiger partial charge >= 0.3 is 5.97 Å². The quantitative estimate of drug-likeness (QED) is 0.758. The molecule has 0 aliphatic carbocycles. The second kappa shape index (κ2) is 5.11. The van der Waals surface area contributed by atoms with Gasteiger partial charge in [-0.2, -0.15) is 5.10 Å². The van der Waals surface area contributed by atoms with Crippen molar-refractivity contribution in [2.45, 2.75) is 5.75 Å². The number of aromatic nitrogens is 2. The van der Waals surface area contributed by atoms with E-state index in [9.17, 15) is 13.2 Å². The molecule has 0 fully saturated rings. The summed E-state index contributed by atoms with van der Waals surface area (Å²) in [7, 11) is -3.55. The molecule has 3 N–H and O–H groups in total. The van der Waals surface area contributed by atoms with Crippen LogP contribution in [0.1, 0.15) is 15.9 Å². The topological polar surface area (TPSA) is 112 Å². The molecule has 1 heterocycles. The van der Waals surface area contributed by atoms with E-state index in [0.717, 1.165) is 0 Å². The number of hydrogen-bond donors (Lipinski definition) is 3. The van der Waals surface area contributed by atoms with Crippen molar-refractivity contribution in [3.8, 4) is 0 Å². The maximum Gasteiger partial charge on any atom is 0.335 e. The predicted octanol–water partition coefficient (Wildman–Crippen LogP) is 1.05.